The van der Waals surface area contributed by atoms with Crippen molar-refractivity contribution in [3.63, 3.8) is 0 Å². The first-order valence-electron chi connectivity index (χ1n) is 7.33. The van der Waals surface area contributed by atoms with E-state index >= 15 is 0 Å². The molecule has 10 heteroatoms. The van der Waals surface area contributed by atoms with Crippen molar-refractivity contribution < 1.29 is 13.2 Å². The summed E-state index contributed by atoms with van der Waals surface area (Å²) in [7, 11) is -3.22. The SMILES string of the molecule is CS(=O)(=O)NCCc1ccc(C(=O)Cn2cnc3sccc3c2=O)s1. The molecule has 0 aliphatic carbocycles. The summed E-state index contributed by atoms with van der Waals surface area (Å²) in [5.74, 6) is -0.175. The van der Waals surface area contributed by atoms with Crippen molar-refractivity contribution in [1.82, 2.24) is 14.3 Å². The molecule has 3 heterocycles. The van der Waals surface area contributed by atoms with Gasteiger partial charge < -0.3 is 0 Å². The van der Waals surface area contributed by atoms with Gasteiger partial charge in [-0.25, -0.2) is 18.1 Å². The van der Waals surface area contributed by atoms with Gasteiger partial charge in [-0.15, -0.1) is 22.7 Å². The van der Waals surface area contributed by atoms with Gasteiger partial charge in [-0.2, -0.15) is 0 Å². The molecule has 0 atom stereocenters. The molecule has 0 aromatic carbocycles. The van der Waals surface area contributed by atoms with Crippen LogP contribution in [0.2, 0.25) is 0 Å². The highest BCUT2D eigenvalue weighted by molar-refractivity contribution is 7.88. The van der Waals surface area contributed by atoms with Crippen molar-refractivity contribution in [2.24, 2.45) is 0 Å². The lowest BCUT2D eigenvalue weighted by Gasteiger charge is -2.03. The number of ketones is 1. The van der Waals surface area contributed by atoms with Crippen molar-refractivity contribution >= 4 is 48.7 Å². The first-order chi connectivity index (χ1) is 11.8. The molecule has 0 amide bonds. The predicted octanol–water partition coefficient (Wildman–Crippen LogP) is 1.49. The van der Waals surface area contributed by atoms with Crippen molar-refractivity contribution in [2.45, 2.75) is 13.0 Å². The molecule has 0 saturated heterocycles. The monoisotopic (exact) mass is 397 g/mol. The van der Waals surface area contributed by atoms with Crippen molar-refractivity contribution in [3.8, 4) is 0 Å². The van der Waals surface area contributed by atoms with Crippen LogP contribution in [0, 0.1) is 0 Å². The van der Waals surface area contributed by atoms with E-state index in [1.165, 1.54) is 33.6 Å². The summed E-state index contributed by atoms with van der Waals surface area (Å²) in [6.07, 6.45) is 3.00. The smallest absolute Gasteiger partial charge is 0.262 e. The second-order valence-corrected chi connectivity index (χ2v) is 9.32. The second-order valence-electron chi connectivity index (χ2n) is 5.42. The fraction of sp³-hybridized carbons (Fsp3) is 0.267. The van der Waals surface area contributed by atoms with Crippen molar-refractivity contribution in [2.75, 3.05) is 12.8 Å². The van der Waals surface area contributed by atoms with Crippen LogP contribution in [0.25, 0.3) is 10.2 Å². The normalized spacial score (nSPS) is 11.9. The number of rotatable bonds is 7. The van der Waals surface area contributed by atoms with Gasteiger partial charge in [-0.1, -0.05) is 0 Å². The fourth-order valence-corrected chi connectivity index (χ4v) is 4.39. The molecule has 3 aromatic heterocycles. The maximum atomic E-state index is 12.4. The summed E-state index contributed by atoms with van der Waals surface area (Å²) in [5, 5.41) is 2.31. The Morgan fingerprint density at radius 3 is 2.88 bits per heavy atom. The Bertz CT molecular complexity index is 1080. The zero-order valence-electron chi connectivity index (χ0n) is 13.3. The minimum Gasteiger partial charge on any atom is -0.291 e. The molecule has 0 spiro atoms. The molecule has 0 bridgehead atoms. The lowest BCUT2D eigenvalue weighted by atomic mass is 10.3. The molecule has 132 valence electrons. The molecule has 0 fully saturated rings. The number of hydrogen-bond acceptors (Lipinski definition) is 7. The minimum absolute atomic E-state index is 0.0703. The first-order valence-corrected chi connectivity index (χ1v) is 10.9. The molecule has 0 aliphatic heterocycles. The maximum Gasteiger partial charge on any atom is 0.262 e. The third kappa shape index (κ3) is 4.40. The summed E-state index contributed by atoms with van der Waals surface area (Å²) in [5.41, 5.74) is -0.228. The van der Waals surface area contributed by atoms with Crippen LogP contribution < -0.4 is 10.3 Å². The topological polar surface area (TPSA) is 98.1 Å². The van der Waals surface area contributed by atoms with Crippen LogP contribution in [0.4, 0.5) is 0 Å². The summed E-state index contributed by atoms with van der Waals surface area (Å²) in [6.45, 7) is 0.213. The number of hydrogen-bond donors (Lipinski definition) is 1. The highest BCUT2D eigenvalue weighted by Gasteiger charge is 2.13. The molecule has 3 aromatic rings. The molecule has 0 aliphatic rings. The van der Waals surface area contributed by atoms with Crippen LogP contribution >= 0.6 is 22.7 Å². The quantitative estimate of drug-likeness (QED) is 0.609. The van der Waals surface area contributed by atoms with Gasteiger partial charge in [-0.05, 0) is 30.0 Å². The molecule has 25 heavy (non-hydrogen) atoms. The van der Waals surface area contributed by atoms with Crippen LogP contribution in [0.5, 0.6) is 0 Å². The van der Waals surface area contributed by atoms with Gasteiger partial charge in [0.15, 0.2) is 5.78 Å². The van der Waals surface area contributed by atoms with Gasteiger partial charge in [0.25, 0.3) is 5.56 Å². The van der Waals surface area contributed by atoms with Crippen LogP contribution in [-0.4, -0.2) is 36.6 Å². The summed E-state index contributed by atoms with van der Waals surface area (Å²) < 4.78 is 25.8. The Morgan fingerprint density at radius 2 is 2.12 bits per heavy atom. The predicted molar refractivity (Wildman–Crippen MR) is 99.1 cm³/mol. The number of nitrogens with zero attached hydrogens (tertiary/aromatic N) is 2. The Morgan fingerprint density at radius 1 is 1.32 bits per heavy atom. The van der Waals surface area contributed by atoms with E-state index in [9.17, 15) is 18.0 Å². The zero-order valence-corrected chi connectivity index (χ0v) is 15.7. The van der Waals surface area contributed by atoms with Gasteiger partial charge in [0.1, 0.15) is 4.83 Å². The first kappa shape index (κ1) is 17.9. The number of carbonyl (C=O) groups excluding carboxylic acids is 1. The summed E-state index contributed by atoms with van der Waals surface area (Å²) in [6, 6.07) is 5.20. The van der Waals surface area contributed by atoms with Gasteiger partial charge >= 0.3 is 0 Å². The van der Waals surface area contributed by atoms with Gasteiger partial charge in [0, 0.05) is 11.4 Å². The summed E-state index contributed by atoms with van der Waals surface area (Å²) >= 11 is 2.69. The zero-order chi connectivity index (χ0) is 18.0. The number of aromatic nitrogens is 2. The fourth-order valence-electron chi connectivity index (χ4n) is 2.26. The Hall–Kier alpha value is -1.88. The minimum atomic E-state index is -3.22. The highest BCUT2D eigenvalue weighted by Crippen LogP contribution is 2.18. The van der Waals surface area contributed by atoms with E-state index < -0.39 is 10.0 Å². The molecular formula is C15H15N3O4S3. The number of thiophene rings is 2. The number of Topliss-reactive ketones (excluding diaryl/α,β-unsaturated/α-hetero) is 1. The lowest BCUT2D eigenvalue weighted by molar-refractivity contribution is 0.0974. The van der Waals surface area contributed by atoms with E-state index in [0.717, 1.165) is 11.1 Å². The molecule has 0 unspecified atom stereocenters. The molecule has 3 rings (SSSR count). The van der Waals surface area contributed by atoms with E-state index in [1.54, 1.807) is 23.6 Å². The molecule has 0 radical (unpaired) electrons. The number of fused-ring (bicyclic) bond motifs is 1. The average molecular weight is 398 g/mol. The number of carbonyl (C=O) groups is 1. The van der Waals surface area contributed by atoms with E-state index in [-0.39, 0.29) is 24.4 Å². The number of nitrogens with one attached hydrogen (secondary N) is 1. The molecule has 1 N–H and O–H groups in total. The third-order valence-electron chi connectivity index (χ3n) is 3.44. The van der Waals surface area contributed by atoms with Gasteiger partial charge in [0.2, 0.25) is 10.0 Å². The Labute approximate surface area is 152 Å². The Kier molecular flexibility index (Phi) is 5.13. The van der Waals surface area contributed by atoms with E-state index in [2.05, 4.69) is 9.71 Å². The summed E-state index contributed by atoms with van der Waals surface area (Å²) in [4.78, 5) is 31.0. The molecule has 0 saturated carbocycles. The van der Waals surface area contributed by atoms with Gasteiger partial charge in [-0.3, -0.25) is 14.2 Å². The number of sulfonamides is 1. The largest absolute Gasteiger partial charge is 0.291 e. The van der Waals surface area contributed by atoms with Crippen LogP contribution in [0.1, 0.15) is 14.5 Å². The van der Waals surface area contributed by atoms with Crippen LogP contribution in [0.15, 0.2) is 34.7 Å². The molecular weight excluding hydrogens is 382 g/mol. The van der Waals surface area contributed by atoms with Crippen molar-refractivity contribution in [3.05, 3.63) is 50.0 Å². The third-order valence-corrected chi connectivity index (χ3v) is 6.17. The van der Waals surface area contributed by atoms with Gasteiger partial charge in [0.05, 0.1) is 29.4 Å². The average Bonchev–Trinajstić information content (AvgIpc) is 3.18. The maximum absolute atomic E-state index is 12.4. The second kappa shape index (κ2) is 7.16. The van der Waals surface area contributed by atoms with E-state index in [1.807, 2.05) is 0 Å². The van der Waals surface area contributed by atoms with Crippen molar-refractivity contribution in [1.29, 1.82) is 0 Å². The van der Waals surface area contributed by atoms with E-state index in [0.29, 0.717) is 21.5 Å². The molecule has 7 nitrogen and oxygen atoms in total. The lowest BCUT2D eigenvalue weighted by Crippen LogP contribution is -2.24. The van der Waals surface area contributed by atoms with E-state index in [4.69, 9.17) is 0 Å². The Balaban J connectivity index is 1.69. The standard InChI is InChI=1S/C15H15N3O4S3/c1-25(21,22)17-6-4-10-2-3-13(24-10)12(19)8-18-9-16-14-11(15(18)20)5-7-23-14/h2-3,5,7,9,17H,4,6,8H2,1H3. The van der Waals surface area contributed by atoms with Crippen LogP contribution in [0.3, 0.4) is 0 Å². The highest BCUT2D eigenvalue weighted by atomic mass is 32.2. The van der Waals surface area contributed by atoms with Crippen LogP contribution in [-0.2, 0) is 23.0 Å².